The van der Waals surface area contributed by atoms with Crippen LogP contribution in [0.2, 0.25) is 0 Å². The van der Waals surface area contributed by atoms with Crippen LogP contribution < -0.4 is 5.73 Å². The van der Waals surface area contributed by atoms with E-state index in [0.29, 0.717) is 0 Å². The molecule has 0 aliphatic rings. The van der Waals surface area contributed by atoms with Crippen molar-refractivity contribution in [3.05, 3.63) is 28.6 Å². The highest BCUT2D eigenvalue weighted by Crippen LogP contribution is 2.29. The molecule has 1 aromatic rings. The quantitative estimate of drug-likeness (QED) is 0.491. The fraction of sp³-hybridized carbons (Fsp3) is 0.467. The van der Waals surface area contributed by atoms with Gasteiger partial charge in [0, 0.05) is 12.0 Å². The van der Waals surface area contributed by atoms with Crippen LogP contribution in [-0.4, -0.2) is 22.6 Å². The Morgan fingerprint density at radius 1 is 1.13 bits per heavy atom. The number of aliphatic carboxylic acids is 1. The summed E-state index contributed by atoms with van der Waals surface area (Å²) < 4.78 is 46.8. The Labute approximate surface area is 131 Å². The molecule has 3 N–H and O–H groups in total. The van der Waals surface area contributed by atoms with Crippen molar-refractivity contribution in [2.75, 3.05) is 5.73 Å². The number of carboxylic acid groups (broad SMARTS) is 1. The molecule has 0 aromatic heterocycles. The van der Waals surface area contributed by atoms with Crippen LogP contribution in [0.4, 0.5) is 18.9 Å². The average Bonchev–Trinajstić information content (AvgIpc) is 2.39. The van der Waals surface area contributed by atoms with E-state index in [2.05, 4.69) is 0 Å². The van der Waals surface area contributed by atoms with Crippen molar-refractivity contribution >= 4 is 17.6 Å². The second-order valence-corrected chi connectivity index (χ2v) is 5.96. The molecule has 23 heavy (non-hydrogen) atoms. The van der Waals surface area contributed by atoms with Gasteiger partial charge in [-0.3, -0.25) is 4.79 Å². The van der Waals surface area contributed by atoms with Gasteiger partial charge in [0.15, 0.2) is 17.5 Å². The summed E-state index contributed by atoms with van der Waals surface area (Å²) in [4.78, 5) is 22.6. The lowest BCUT2D eigenvalue weighted by Crippen LogP contribution is -2.26. The van der Waals surface area contributed by atoms with Gasteiger partial charge in [0.25, 0.3) is 0 Å². The molecule has 0 spiro atoms. The molecule has 128 valence electrons. The molecule has 0 heterocycles. The maximum atomic E-state index is 14.1. The molecule has 0 bridgehead atoms. The number of nitrogens with two attached hydrogens (primary N) is 1. The second-order valence-electron chi connectivity index (χ2n) is 5.96. The van der Waals surface area contributed by atoms with Crippen LogP contribution in [0, 0.1) is 17.5 Å². The van der Waals surface area contributed by atoms with E-state index in [1.807, 2.05) is 0 Å². The Kier molecular flexibility index (Phi) is 5.63. The Bertz CT molecular complexity index is 639. The zero-order valence-corrected chi connectivity index (χ0v) is 13.0. The third kappa shape index (κ3) is 4.61. The molecule has 0 atom stereocenters. The van der Waals surface area contributed by atoms with E-state index in [1.165, 1.54) is 20.8 Å². The normalized spacial score (nSPS) is 11.4. The van der Waals surface area contributed by atoms with Gasteiger partial charge in [0.2, 0.25) is 0 Å². The van der Waals surface area contributed by atoms with Crippen molar-refractivity contribution in [3.63, 3.8) is 0 Å². The number of ether oxygens (including phenoxy) is 1. The largest absolute Gasteiger partial charge is 0.481 e. The predicted molar refractivity (Wildman–Crippen MR) is 76.5 cm³/mol. The molecule has 0 amide bonds. The molecule has 5 nitrogen and oxygen atoms in total. The minimum Gasteiger partial charge on any atom is -0.481 e. The minimum absolute atomic E-state index is 0.0768. The lowest BCUT2D eigenvalue weighted by Gasteiger charge is -2.21. The summed E-state index contributed by atoms with van der Waals surface area (Å²) in [6.07, 6.45) is -0.702. The van der Waals surface area contributed by atoms with Crippen molar-refractivity contribution in [2.45, 2.75) is 45.6 Å². The van der Waals surface area contributed by atoms with E-state index in [1.54, 1.807) is 0 Å². The first-order valence-corrected chi connectivity index (χ1v) is 6.85. The first-order valence-electron chi connectivity index (χ1n) is 6.85. The van der Waals surface area contributed by atoms with Gasteiger partial charge in [-0.15, -0.1) is 0 Å². The number of benzene rings is 1. The van der Waals surface area contributed by atoms with Gasteiger partial charge >= 0.3 is 11.9 Å². The van der Waals surface area contributed by atoms with E-state index in [0.717, 1.165) is 0 Å². The first kappa shape index (κ1) is 18.8. The average molecular weight is 333 g/mol. The summed E-state index contributed by atoms with van der Waals surface area (Å²) in [7, 11) is 0. The van der Waals surface area contributed by atoms with Crippen LogP contribution in [0.25, 0.3) is 0 Å². The maximum Gasteiger partial charge on any atom is 0.342 e. The van der Waals surface area contributed by atoms with E-state index in [4.69, 9.17) is 15.6 Å². The summed E-state index contributed by atoms with van der Waals surface area (Å²) in [5, 5.41) is 8.60. The van der Waals surface area contributed by atoms with Crippen LogP contribution in [0.5, 0.6) is 0 Å². The molecule has 8 heteroatoms. The summed E-state index contributed by atoms with van der Waals surface area (Å²) in [6.45, 7) is 4.53. The van der Waals surface area contributed by atoms with Gasteiger partial charge in [0.1, 0.15) is 16.9 Å². The SMILES string of the molecule is CC(C)(C)OC(=O)c1c(F)c(F)c(N)c(F)c1CCCC(=O)O. The number of anilines is 1. The topological polar surface area (TPSA) is 89.6 Å². The van der Waals surface area contributed by atoms with Crippen molar-refractivity contribution in [3.8, 4) is 0 Å². The standard InChI is InChI=1S/C15H18F3NO4/c1-15(2,3)23-14(22)9-7(5-4-6-8(20)21)10(16)13(19)12(18)11(9)17/h4-6,19H2,1-3H3,(H,20,21). The number of hydrogen-bond acceptors (Lipinski definition) is 4. The van der Waals surface area contributed by atoms with Gasteiger partial charge in [0.05, 0.1) is 0 Å². The highest BCUT2D eigenvalue weighted by molar-refractivity contribution is 5.92. The van der Waals surface area contributed by atoms with Crippen LogP contribution in [0.3, 0.4) is 0 Å². The molecule has 0 aliphatic heterocycles. The predicted octanol–water partition coefficient (Wildman–Crippen LogP) is 3.05. The highest BCUT2D eigenvalue weighted by Gasteiger charge is 2.30. The fourth-order valence-corrected chi connectivity index (χ4v) is 1.92. The Morgan fingerprint density at radius 3 is 2.17 bits per heavy atom. The molecule has 0 saturated heterocycles. The lowest BCUT2D eigenvalue weighted by atomic mass is 9.98. The number of hydrogen-bond donors (Lipinski definition) is 2. The Balaban J connectivity index is 3.34. The number of rotatable bonds is 5. The number of nitrogen functional groups attached to an aromatic ring is 1. The lowest BCUT2D eigenvalue weighted by molar-refractivity contribution is -0.137. The number of carbonyl (C=O) groups excluding carboxylic acids is 1. The minimum atomic E-state index is -1.68. The van der Waals surface area contributed by atoms with Crippen molar-refractivity contribution in [2.24, 2.45) is 0 Å². The number of halogens is 3. The van der Waals surface area contributed by atoms with E-state index >= 15 is 0 Å². The molecule has 0 saturated carbocycles. The second kappa shape index (κ2) is 6.89. The van der Waals surface area contributed by atoms with E-state index < -0.39 is 51.8 Å². The third-order valence-corrected chi connectivity index (χ3v) is 2.87. The van der Waals surface area contributed by atoms with Crippen molar-refractivity contribution < 1.29 is 32.6 Å². The summed E-state index contributed by atoms with van der Waals surface area (Å²) >= 11 is 0. The molecule has 0 unspecified atom stereocenters. The third-order valence-electron chi connectivity index (χ3n) is 2.87. The van der Waals surface area contributed by atoms with Crippen LogP contribution in [-0.2, 0) is 16.0 Å². The van der Waals surface area contributed by atoms with Crippen LogP contribution >= 0.6 is 0 Å². The smallest absolute Gasteiger partial charge is 0.342 e. The van der Waals surface area contributed by atoms with Gasteiger partial charge in [-0.1, -0.05) is 0 Å². The Morgan fingerprint density at radius 2 is 1.70 bits per heavy atom. The van der Waals surface area contributed by atoms with Gasteiger partial charge in [-0.05, 0) is 33.6 Å². The molecule has 0 aliphatic carbocycles. The number of esters is 1. The van der Waals surface area contributed by atoms with E-state index in [-0.39, 0.29) is 19.3 Å². The molecule has 0 radical (unpaired) electrons. The summed E-state index contributed by atoms with van der Waals surface area (Å²) in [6, 6.07) is 0. The zero-order chi connectivity index (χ0) is 17.9. The maximum absolute atomic E-state index is 14.1. The molecular formula is C15H18F3NO4. The van der Waals surface area contributed by atoms with Crippen LogP contribution in [0.15, 0.2) is 0 Å². The fourth-order valence-electron chi connectivity index (χ4n) is 1.92. The number of carboxylic acids is 1. The summed E-state index contributed by atoms with van der Waals surface area (Å²) in [5.74, 6) is -6.94. The zero-order valence-electron chi connectivity index (χ0n) is 13.0. The molecule has 1 aromatic carbocycles. The molecule has 0 fully saturated rings. The van der Waals surface area contributed by atoms with Gasteiger partial charge in [-0.2, -0.15) is 0 Å². The van der Waals surface area contributed by atoms with Crippen molar-refractivity contribution in [1.82, 2.24) is 0 Å². The van der Waals surface area contributed by atoms with Gasteiger partial charge < -0.3 is 15.6 Å². The van der Waals surface area contributed by atoms with E-state index in [9.17, 15) is 22.8 Å². The first-order chi connectivity index (χ1) is 10.5. The monoisotopic (exact) mass is 333 g/mol. The number of carbonyl (C=O) groups is 2. The summed E-state index contributed by atoms with van der Waals surface area (Å²) in [5.41, 5.74) is 1.71. The highest BCUT2D eigenvalue weighted by atomic mass is 19.2. The van der Waals surface area contributed by atoms with Gasteiger partial charge in [-0.25, -0.2) is 18.0 Å². The molecule has 1 rings (SSSR count). The van der Waals surface area contributed by atoms with Crippen molar-refractivity contribution in [1.29, 1.82) is 0 Å². The Hall–Kier alpha value is -2.25. The van der Waals surface area contributed by atoms with Crippen LogP contribution in [0.1, 0.15) is 49.5 Å². The molecular weight excluding hydrogens is 315 g/mol.